The van der Waals surface area contributed by atoms with Gasteiger partial charge in [0.1, 0.15) is 0 Å². The van der Waals surface area contributed by atoms with Crippen molar-refractivity contribution >= 4 is 51.4 Å². The Balaban J connectivity index is 0. The second-order valence-electron chi connectivity index (χ2n) is 1.99. The predicted octanol–water partition coefficient (Wildman–Crippen LogP) is -0.184. The van der Waals surface area contributed by atoms with Crippen molar-refractivity contribution in [1.82, 2.24) is 0 Å². The van der Waals surface area contributed by atoms with Crippen LogP contribution in [0.2, 0.25) is 0 Å². The van der Waals surface area contributed by atoms with Crippen molar-refractivity contribution in [2.24, 2.45) is 11.5 Å². The molecule has 0 aromatic carbocycles. The summed E-state index contributed by atoms with van der Waals surface area (Å²) in [7, 11) is 0. The van der Waals surface area contributed by atoms with E-state index in [0.29, 0.717) is 0 Å². The molecule has 0 aliphatic rings. The van der Waals surface area contributed by atoms with Gasteiger partial charge < -0.3 is 11.5 Å². The Labute approximate surface area is 100 Å². The van der Waals surface area contributed by atoms with Crippen molar-refractivity contribution in [3.8, 4) is 0 Å². The quantitative estimate of drug-likeness (QED) is 0.428. The van der Waals surface area contributed by atoms with Crippen LogP contribution < -0.4 is 11.5 Å². The molecule has 4 N–H and O–H groups in total. The number of hydrogen-bond acceptors (Lipinski definition) is 2. The Morgan fingerprint density at radius 3 is 1.22 bits per heavy atom. The average molecular weight is 156 g/mol. The zero-order valence-corrected chi connectivity index (χ0v) is 5.40. The Morgan fingerprint density at radius 1 is 0.667 bits per heavy atom. The fourth-order valence-electron chi connectivity index (χ4n) is 0.642. The summed E-state index contributed by atoms with van der Waals surface area (Å²) in [5.41, 5.74) is 10.6. The van der Waals surface area contributed by atoms with Gasteiger partial charge in [-0.25, -0.2) is 0 Å². The Bertz CT molecular complexity index is 36.0. The van der Waals surface area contributed by atoms with Crippen LogP contribution in [-0.4, -0.2) is 64.5 Å². The Morgan fingerprint density at radius 2 is 1.00 bits per heavy atom. The van der Waals surface area contributed by atoms with E-state index in [1.165, 1.54) is 12.8 Å². The molecule has 0 aromatic heterocycles. The monoisotopic (exact) mass is 156 g/mol. The van der Waals surface area contributed by atoms with Gasteiger partial charge in [-0.1, -0.05) is 12.8 Å². The number of rotatable bonds is 5. The van der Waals surface area contributed by atoms with Gasteiger partial charge in [0, 0.05) is 0 Å². The first-order valence-electron chi connectivity index (χ1n) is 3.32. The molecule has 0 unspecified atom stereocenters. The van der Waals surface area contributed by atoms with Crippen LogP contribution in [0.3, 0.4) is 0 Å². The van der Waals surface area contributed by atoms with Crippen LogP contribution in [0.25, 0.3) is 0 Å². The molecule has 0 saturated carbocycles. The molecule has 0 saturated heterocycles. The molecule has 0 heterocycles. The normalized spacial score (nSPS) is 8.67. The molecule has 9 heavy (non-hydrogen) atoms. The van der Waals surface area contributed by atoms with Crippen molar-refractivity contribution in [3.05, 3.63) is 0 Å². The van der Waals surface area contributed by atoms with Crippen LogP contribution in [0.5, 0.6) is 0 Å². The van der Waals surface area contributed by atoms with Crippen LogP contribution in [-0.2, 0) is 0 Å². The van der Waals surface area contributed by atoms with Crippen LogP contribution in [0.4, 0.5) is 0 Å². The molecule has 0 aliphatic heterocycles. The first-order valence-corrected chi connectivity index (χ1v) is 3.32. The van der Waals surface area contributed by atoms with Crippen molar-refractivity contribution in [2.45, 2.75) is 25.7 Å². The Hall–Kier alpha value is 1.56. The van der Waals surface area contributed by atoms with Gasteiger partial charge in [0.2, 0.25) is 0 Å². The van der Waals surface area contributed by atoms with Crippen LogP contribution >= 0.6 is 0 Å². The molecule has 0 radical (unpaired) electrons. The van der Waals surface area contributed by atoms with E-state index in [2.05, 4.69) is 0 Å². The molecule has 0 spiro atoms. The second kappa shape index (κ2) is 12.3. The van der Waals surface area contributed by atoms with E-state index >= 15 is 0 Å². The third kappa shape index (κ3) is 12.7. The maximum absolute atomic E-state index is 5.28. The van der Waals surface area contributed by atoms with E-state index in [1.54, 1.807) is 0 Å². The van der Waals surface area contributed by atoms with Gasteiger partial charge in [-0.05, 0) is 25.9 Å². The van der Waals surface area contributed by atoms with Gasteiger partial charge in [0.25, 0.3) is 0 Å². The summed E-state index contributed by atoms with van der Waals surface area (Å²) in [5, 5.41) is 0. The molecule has 0 aromatic rings. The summed E-state index contributed by atoms with van der Waals surface area (Å²) in [6.45, 7) is 1.65. The Kier molecular flexibility index (Phi) is 17.9. The molecule has 0 atom stereocenters. The summed E-state index contributed by atoms with van der Waals surface area (Å²) < 4.78 is 0. The van der Waals surface area contributed by atoms with Crippen LogP contribution in [0.1, 0.15) is 25.7 Å². The fourth-order valence-corrected chi connectivity index (χ4v) is 0.642. The van der Waals surface area contributed by atoms with Gasteiger partial charge in [-0.3, -0.25) is 0 Å². The minimum atomic E-state index is 0. The zero-order chi connectivity index (χ0) is 6.24. The van der Waals surface area contributed by atoms with Gasteiger partial charge in [-0.2, -0.15) is 0 Å². The van der Waals surface area contributed by atoms with E-state index in [1.807, 2.05) is 0 Å². The third-order valence-electron chi connectivity index (χ3n) is 1.16. The molecule has 52 valence electrons. The molecule has 2 nitrogen and oxygen atoms in total. The number of hydrogen-bond donors (Lipinski definition) is 2. The van der Waals surface area contributed by atoms with Crippen LogP contribution in [0, 0.1) is 0 Å². The summed E-state index contributed by atoms with van der Waals surface area (Å²) in [6, 6.07) is 0. The molecule has 0 rings (SSSR count). The molecule has 3 heteroatoms. The SMILES string of the molecule is NCCCCCCN.[KH]. The minimum absolute atomic E-state index is 0. The second-order valence-corrected chi connectivity index (χ2v) is 1.99. The summed E-state index contributed by atoms with van der Waals surface area (Å²) in [4.78, 5) is 0. The van der Waals surface area contributed by atoms with Gasteiger partial charge in [0.05, 0.1) is 0 Å². The van der Waals surface area contributed by atoms with Crippen LogP contribution in [0.15, 0.2) is 0 Å². The third-order valence-corrected chi connectivity index (χ3v) is 1.16. The molecule has 0 bridgehead atoms. The van der Waals surface area contributed by atoms with Crippen molar-refractivity contribution < 1.29 is 0 Å². The summed E-state index contributed by atoms with van der Waals surface area (Å²) in [5.74, 6) is 0. The molecular formula is C6H17KN2. The molecule has 0 amide bonds. The molecule has 0 fully saturated rings. The standard InChI is InChI=1S/C6H16N2.K.H/c7-5-3-1-2-4-6-8;;/h1-8H2;;. The zero-order valence-electron chi connectivity index (χ0n) is 5.40. The number of unbranched alkanes of at least 4 members (excludes halogenated alkanes) is 3. The van der Waals surface area contributed by atoms with E-state index in [0.717, 1.165) is 25.9 Å². The summed E-state index contributed by atoms with van der Waals surface area (Å²) >= 11 is 0. The maximum atomic E-state index is 5.28. The van der Waals surface area contributed by atoms with Crippen molar-refractivity contribution in [3.63, 3.8) is 0 Å². The van der Waals surface area contributed by atoms with Crippen molar-refractivity contribution in [2.75, 3.05) is 13.1 Å². The first-order chi connectivity index (χ1) is 3.91. The van der Waals surface area contributed by atoms with Gasteiger partial charge >= 0.3 is 51.4 Å². The van der Waals surface area contributed by atoms with Gasteiger partial charge in [0.15, 0.2) is 0 Å². The van der Waals surface area contributed by atoms with E-state index < -0.39 is 0 Å². The van der Waals surface area contributed by atoms with Crippen molar-refractivity contribution in [1.29, 1.82) is 0 Å². The van der Waals surface area contributed by atoms with E-state index in [-0.39, 0.29) is 51.4 Å². The van der Waals surface area contributed by atoms with E-state index in [9.17, 15) is 0 Å². The average Bonchev–Trinajstić information content (AvgIpc) is 1.81. The van der Waals surface area contributed by atoms with E-state index in [4.69, 9.17) is 11.5 Å². The van der Waals surface area contributed by atoms with Gasteiger partial charge in [-0.15, -0.1) is 0 Å². The predicted molar refractivity (Wildman–Crippen MR) is 43.7 cm³/mol. The molecule has 0 aliphatic carbocycles. The number of nitrogens with two attached hydrogens (primary N) is 2. The first kappa shape index (κ1) is 13.2. The summed E-state index contributed by atoms with van der Waals surface area (Å²) in [6.07, 6.45) is 4.79. The fraction of sp³-hybridized carbons (Fsp3) is 1.00. The topological polar surface area (TPSA) is 52.0 Å². The molecular weight excluding hydrogens is 139 g/mol.